The van der Waals surface area contributed by atoms with E-state index in [-0.39, 0.29) is 28.4 Å². The molecule has 26 heavy (non-hydrogen) atoms. The average Bonchev–Trinajstić information content (AvgIpc) is 3.20. The number of benzene rings is 1. The van der Waals surface area contributed by atoms with Gasteiger partial charge in [-0.15, -0.1) is 0 Å². The van der Waals surface area contributed by atoms with Gasteiger partial charge in [-0.1, -0.05) is 0 Å². The first-order valence-corrected chi connectivity index (χ1v) is 8.20. The van der Waals surface area contributed by atoms with Crippen molar-refractivity contribution in [2.75, 3.05) is 23.3 Å². The van der Waals surface area contributed by atoms with E-state index in [1.54, 1.807) is 6.92 Å². The number of nitrogens with zero attached hydrogens (tertiary/aromatic N) is 4. The molecule has 0 bridgehead atoms. The number of aryl methyl sites for hydroxylation is 1. The van der Waals surface area contributed by atoms with Gasteiger partial charge in [0.05, 0.1) is 5.56 Å². The van der Waals surface area contributed by atoms with Crippen LogP contribution in [-0.2, 0) is 0 Å². The quantitative estimate of drug-likeness (QED) is 0.737. The molecule has 3 heterocycles. The van der Waals surface area contributed by atoms with Crippen LogP contribution in [0.25, 0.3) is 11.1 Å². The summed E-state index contributed by atoms with van der Waals surface area (Å²) in [5.41, 5.74) is 6.82. The number of anilines is 2. The Morgan fingerprint density at radius 3 is 2.85 bits per heavy atom. The van der Waals surface area contributed by atoms with Crippen molar-refractivity contribution in [1.82, 2.24) is 15.0 Å². The molecule has 3 N–H and O–H groups in total. The Bertz CT molecular complexity index is 971. The van der Waals surface area contributed by atoms with Gasteiger partial charge >= 0.3 is 0 Å². The van der Waals surface area contributed by atoms with Crippen LogP contribution in [0.3, 0.4) is 0 Å². The summed E-state index contributed by atoms with van der Waals surface area (Å²) in [5, 5.41) is 2.62. The monoisotopic (exact) mass is 356 g/mol. The van der Waals surface area contributed by atoms with Crippen LogP contribution in [0, 0.1) is 12.7 Å². The second-order valence-electron chi connectivity index (χ2n) is 6.26. The summed E-state index contributed by atoms with van der Waals surface area (Å²) in [6, 6.07) is 2.84. The predicted octanol–water partition coefficient (Wildman–Crippen LogP) is 1.86. The lowest BCUT2D eigenvalue weighted by molar-refractivity contribution is 0.102. The van der Waals surface area contributed by atoms with Crippen LogP contribution in [0.5, 0.6) is 0 Å². The average molecular weight is 356 g/mol. The van der Waals surface area contributed by atoms with E-state index in [2.05, 4.69) is 20.3 Å². The lowest BCUT2D eigenvalue weighted by Crippen LogP contribution is -2.27. The summed E-state index contributed by atoms with van der Waals surface area (Å²) in [6.07, 6.45) is 3.77. The fourth-order valence-electron chi connectivity index (χ4n) is 2.95. The van der Waals surface area contributed by atoms with Crippen LogP contribution < -0.4 is 16.0 Å². The Morgan fingerprint density at radius 1 is 1.38 bits per heavy atom. The van der Waals surface area contributed by atoms with Crippen LogP contribution in [-0.4, -0.2) is 40.0 Å². The SMILES string of the molecule is Cc1nc2c(F)cc(NC(=O)c3cnc(N4CCC(N)C4)nc3)cc2o1. The van der Waals surface area contributed by atoms with Crippen molar-refractivity contribution in [3.8, 4) is 0 Å². The molecule has 1 saturated heterocycles. The largest absolute Gasteiger partial charge is 0.441 e. The molecule has 1 amide bonds. The van der Waals surface area contributed by atoms with Crippen molar-refractivity contribution < 1.29 is 13.6 Å². The smallest absolute Gasteiger partial charge is 0.258 e. The Morgan fingerprint density at radius 2 is 2.15 bits per heavy atom. The third kappa shape index (κ3) is 3.08. The lowest BCUT2D eigenvalue weighted by atomic mass is 10.2. The minimum Gasteiger partial charge on any atom is -0.441 e. The fraction of sp³-hybridized carbons (Fsp3) is 0.294. The van der Waals surface area contributed by atoms with Crippen molar-refractivity contribution >= 4 is 28.6 Å². The Kier molecular flexibility index (Phi) is 4.00. The highest BCUT2D eigenvalue weighted by molar-refractivity contribution is 6.04. The zero-order valence-electron chi connectivity index (χ0n) is 14.1. The summed E-state index contributed by atoms with van der Waals surface area (Å²) in [5.74, 6) is -0.108. The van der Waals surface area contributed by atoms with Gasteiger partial charge in [0.25, 0.3) is 5.91 Å². The highest BCUT2D eigenvalue weighted by Crippen LogP contribution is 2.24. The number of rotatable bonds is 3. The molecule has 8 nitrogen and oxygen atoms in total. The number of nitrogens with two attached hydrogens (primary N) is 1. The van der Waals surface area contributed by atoms with E-state index in [9.17, 15) is 9.18 Å². The number of fused-ring (bicyclic) bond motifs is 1. The standard InChI is InChI=1S/C17H17FN6O2/c1-9-22-15-13(18)4-12(5-14(15)26-9)23-16(25)10-6-20-17(21-7-10)24-3-2-11(19)8-24/h4-7,11H,2-3,8,19H2,1H3,(H,23,25). The van der Waals surface area contributed by atoms with Gasteiger partial charge in [-0.05, 0) is 12.5 Å². The normalized spacial score (nSPS) is 17.0. The van der Waals surface area contributed by atoms with Gasteiger partial charge in [0, 0.05) is 50.2 Å². The summed E-state index contributed by atoms with van der Waals surface area (Å²) < 4.78 is 19.4. The van der Waals surface area contributed by atoms with Gasteiger partial charge in [0.2, 0.25) is 5.95 Å². The minimum atomic E-state index is -0.563. The van der Waals surface area contributed by atoms with Gasteiger partial charge in [-0.25, -0.2) is 19.3 Å². The van der Waals surface area contributed by atoms with Crippen LogP contribution in [0.15, 0.2) is 28.9 Å². The first kappa shape index (κ1) is 16.4. The molecular weight excluding hydrogens is 339 g/mol. The van der Waals surface area contributed by atoms with E-state index >= 15 is 0 Å². The van der Waals surface area contributed by atoms with Gasteiger partial charge in [-0.2, -0.15) is 0 Å². The number of nitrogens with one attached hydrogen (secondary N) is 1. The van der Waals surface area contributed by atoms with Crippen LogP contribution in [0.1, 0.15) is 22.7 Å². The summed E-state index contributed by atoms with van der Waals surface area (Å²) in [4.78, 5) is 26.7. The van der Waals surface area contributed by atoms with Crippen LogP contribution in [0.2, 0.25) is 0 Å². The molecule has 2 aromatic heterocycles. The zero-order valence-corrected chi connectivity index (χ0v) is 14.1. The predicted molar refractivity (Wildman–Crippen MR) is 93.5 cm³/mol. The molecule has 0 saturated carbocycles. The van der Waals surface area contributed by atoms with Crippen molar-refractivity contribution in [1.29, 1.82) is 0 Å². The Labute approximate surface area is 148 Å². The van der Waals surface area contributed by atoms with E-state index in [0.29, 0.717) is 18.4 Å². The van der Waals surface area contributed by atoms with E-state index in [0.717, 1.165) is 13.0 Å². The number of amides is 1. The third-order valence-corrected chi connectivity index (χ3v) is 4.22. The second kappa shape index (κ2) is 6.34. The minimum absolute atomic E-state index is 0.117. The number of carbonyl (C=O) groups excluding carboxylic acids is 1. The molecule has 1 aromatic carbocycles. The number of halogens is 1. The molecule has 134 valence electrons. The van der Waals surface area contributed by atoms with Crippen molar-refractivity contribution in [2.45, 2.75) is 19.4 Å². The van der Waals surface area contributed by atoms with Gasteiger partial charge < -0.3 is 20.4 Å². The summed E-state index contributed by atoms with van der Waals surface area (Å²) in [7, 11) is 0. The lowest BCUT2D eigenvalue weighted by Gasteiger charge is -2.15. The molecule has 0 radical (unpaired) electrons. The first-order chi connectivity index (χ1) is 12.5. The van der Waals surface area contributed by atoms with E-state index in [1.807, 2.05) is 4.90 Å². The van der Waals surface area contributed by atoms with Crippen LogP contribution >= 0.6 is 0 Å². The van der Waals surface area contributed by atoms with Crippen molar-refractivity contribution in [2.24, 2.45) is 5.73 Å². The number of hydrogen-bond donors (Lipinski definition) is 2. The fourth-order valence-corrected chi connectivity index (χ4v) is 2.95. The van der Waals surface area contributed by atoms with Gasteiger partial charge in [-0.3, -0.25) is 4.79 Å². The molecule has 1 fully saturated rings. The molecule has 1 aliphatic rings. The topological polar surface area (TPSA) is 110 Å². The molecule has 1 unspecified atom stereocenters. The van der Waals surface area contributed by atoms with Gasteiger partial charge in [0.15, 0.2) is 17.3 Å². The number of hydrogen-bond acceptors (Lipinski definition) is 7. The Balaban J connectivity index is 1.51. The van der Waals surface area contributed by atoms with Crippen LogP contribution in [0.4, 0.5) is 16.0 Å². The molecular formula is C17H17FN6O2. The van der Waals surface area contributed by atoms with Crippen molar-refractivity contribution in [3.63, 3.8) is 0 Å². The number of aromatic nitrogens is 3. The molecule has 0 spiro atoms. The molecule has 1 aliphatic heterocycles. The molecule has 9 heteroatoms. The highest BCUT2D eigenvalue weighted by atomic mass is 19.1. The number of carbonyl (C=O) groups is 1. The van der Waals surface area contributed by atoms with Gasteiger partial charge in [0.1, 0.15) is 5.52 Å². The number of oxazole rings is 1. The second-order valence-corrected chi connectivity index (χ2v) is 6.26. The summed E-state index contributed by atoms with van der Waals surface area (Å²) >= 11 is 0. The van der Waals surface area contributed by atoms with E-state index in [4.69, 9.17) is 10.2 Å². The molecule has 3 aromatic rings. The maximum Gasteiger partial charge on any atom is 0.258 e. The third-order valence-electron chi connectivity index (χ3n) is 4.22. The molecule has 1 atom stereocenters. The van der Waals surface area contributed by atoms with E-state index < -0.39 is 11.7 Å². The highest BCUT2D eigenvalue weighted by Gasteiger charge is 2.21. The zero-order chi connectivity index (χ0) is 18.3. The molecule has 0 aliphatic carbocycles. The maximum atomic E-state index is 14.1. The summed E-state index contributed by atoms with van der Waals surface area (Å²) in [6.45, 7) is 3.12. The molecule has 4 rings (SSSR count). The maximum absolute atomic E-state index is 14.1. The first-order valence-electron chi connectivity index (χ1n) is 8.20. The Hall–Kier alpha value is -3.07. The van der Waals surface area contributed by atoms with Crippen molar-refractivity contribution in [3.05, 3.63) is 41.8 Å². The van der Waals surface area contributed by atoms with E-state index in [1.165, 1.54) is 24.5 Å².